The molecule has 18 heavy (non-hydrogen) atoms. The first-order valence-electron chi connectivity index (χ1n) is 5.47. The lowest BCUT2D eigenvalue weighted by atomic mass is 9.98. The predicted octanol–water partition coefficient (Wildman–Crippen LogP) is 2.94. The van der Waals surface area contributed by atoms with Gasteiger partial charge in [-0.3, -0.25) is 4.79 Å². The maximum absolute atomic E-state index is 12.1. The number of aryl methyl sites for hydroxylation is 1. The van der Waals surface area contributed by atoms with Gasteiger partial charge in [0.15, 0.2) is 0 Å². The molecule has 1 atom stereocenters. The number of hydrogen-bond acceptors (Lipinski definition) is 2. The van der Waals surface area contributed by atoms with Gasteiger partial charge < -0.3 is 10.3 Å². The summed E-state index contributed by atoms with van der Waals surface area (Å²) in [5.74, 6) is 0. The highest BCUT2D eigenvalue weighted by Gasteiger charge is 2.11. The minimum Gasteiger partial charge on any atom is -0.324 e. The number of nitrogens with zero attached hydrogens (tertiary/aromatic N) is 1. The van der Waals surface area contributed by atoms with Crippen molar-refractivity contribution >= 4 is 34.8 Å². The first kappa shape index (κ1) is 15.0. The average molecular weight is 287 g/mol. The van der Waals surface area contributed by atoms with Crippen molar-refractivity contribution in [3.8, 4) is 0 Å². The Balaban J connectivity index is 0.00000162. The van der Waals surface area contributed by atoms with Gasteiger partial charge in [-0.25, -0.2) is 0 Å². The molecule has 0 saturated carbocycles. The molecule has 0 saturated heterocycles. The number of aromatic nitrogens is 1. The lowest BCUT2D eigenvalue weighted by Gasteiger charge is -2.13. The minimum absolute atomic E-state index is 0. The van der Waals surface area contributed by atoms with Crippen LogP contribution >= 0.6 is 24.0 Å². The summed E-state index contributed by atoms with van der Waals surface area (Å²) in [6.07, 6.45) is 0. The summed E-state index contributed by atoms with van der Waals surface area (Å²) in [5.41, 5.74) is 7.84. The van der Waals surface area contributed by atoms with E-state index in [-0.39, 0.29) is 24.0 Å². The fourth-order valence-electron chi connectivity index (χ4n) is 2.03. The van der Waals surface area contributed by atoms with Crippen molar-refractivity contribution in [1.29, 1.82) is 0 Å². The maximum Gasteiger partial charge on any atom is 0.259 e. The molecule has 0 aliphatic heterocycles. The van der Waals surface area contributed by atoms with E-state index in [1.165, 1.54) is 4.57 Å². The van der Waals surface area contributed by atoms with Crippen molar-refractivity contribution in [2.45, 2.75) is 19.9 Å². The van der Waals surface area contributed by atoms with E-state index in [0.717, 1.165) is 16.5 Å². The zero-order valence-corrected chi connectivity index (χ0v) is 12.1. The fourth-order valence-corrected chi connectivity index (χ4v) is 2.22. The van der Waals surface area contributed by atoms with Gasteiger partial charge >= 0.3 is 0 Å². The Kier molecular flexibility index (Phi) is 4.43. The molecule has 0 amide bonds. The SMILES string of the molecule is Cc1cc([C@@H](C)N)c2cc(Cl)n(C)c(=O)c2c1.Cl. The molecule has 5 heteroatoms. The molecule has 1 aromatic heterocycles. The Morgan fingerprint density at radius 2 is 1.89 bits per heavy atom. The van der Waals surface area contributed by atoms with E-state index >= 15 is 0 Å². The van der Waals surface area contributed by atoms with E-state index in [9.17, 15) is 4.79 Å². The van der Waals surface area contributed by atoms with Crippen LogP contribution in [0.3, 0.4) is 0 Å². The molecule has 1 aromatic carbocycles. The molecule has 2 aromatic rings. The van der Waals surface area contributed by atoms with Crippen LogP contribution in [-0.2, 0) is 7.05 Å². The third kappa shape index (κ3) is 2.39. The van der Waals surface area contributed by atoms with E-state index < -0.39 is 0 Å². The molecule has 0 unspecified atom stereocenters. The molecule has 0 aliphatic carbocycles. The molecule has 2 N–H and O–H groups in total. The van der Waals surface area contributed by atoms with Gasteiger partial charge in [-0.2, -0.15) is 0 Å². The largest absolute Gasteiger partial charge is 0.324 e. The van der Waals surface area contributed by atoms with Gasteiger partial charge in [-0.05, 0) is 42.5 Å². The Hall–Kier alpha value is -1.03. The summed E-state index contributed by atoms with van der Waals surface area (Å²) in [7, 11) is 1.66. The van der Waals surface area contributed by atoms with E-state index in [2.05, 4.69) is 0 Å². The predicted molar refractivity (Wildman–Crippen MR) is 78.8 cm³/mol. The molecule has 2 rings (SSSR count). The number of fused-ring (bicyclic) bond motifs is 1. The minimum atomic E-state index is -0.124. The van der Waals surface area contributed by atoms with E-state index in [0.29, 0.717) is 10.5 Å². The van der Waals surface area contributed by atoms with Gasteiger partial charge in [0.2, 0.25) is 0 Å². The van der Waals surface area contributed by atoms with E-state index in [4.69, 9.17) is 17.3 Å². The van der Waals surface area contributed by atoms with Crippen molar-refractivity contribution in [2.75, 3.05) is 0 Å². The quantitative estimate of drug-likeness (QED) is 0.820. The molecule has 0 spiro atoms. The van der Waals surface area contributed by atoms with Crippen molar-refractivity contribution in [1.82, 2.24) is 4.57 Å². The monoisotopic (exact) mass is 286 g/mol. The van der Waals surface area contributed by atoms with Gasteiger partial charge in [0, 0.05) is 18.5 Å². The molecule has 98 valence electrons. The Morgan fingerprint density at radius 3 is 2.44 bits per heavy atom. The second-order valence-electron chi connectivity index (χ2n) is 4.44. The number of halogens is 2. The topological polar surface area (TPSA) is 48.0 Å². The van der Waals surface area contributed by atoms with Crippen molar-refractivity contribution in [2.24, 2.45) is 12.8 Å². The van der Waals surface area contributed by atoms with Crippen LogP contribution < -0.4 is 11.3 Å². The van der Waals surface area contributed by atoms with Crippen molar-refractivity contribution < 1.29 is 0 Å². The third-order valence-electron chi connectivity index (χ3n) is 2.97. The van der Waals surface area contributed by atoms with Crippen LogP contribution in [-0.4, -0.2) is 4.57 Å². The van der Waals surface area contributed by atoms with Gasteiger partial charge in [-0.1, -0.05) is 17.7 Å². The van der Waals surface area contributed by atoms with E-state index in [1.807, 2.05) is 26.0 Å². The summed E-state index contributed by atoms with van der Waals surface area (Å²) in [6, 6.07) is 5.56. The fraction of sp³-hybridized carbons (Fsp3) is 0.308. The first-order chi connectivity index (χ1) is 7.91. The number of pyridine rings is 1. The molecule has 0 bridgehead atoms. The molecule has 0 fully saturated rings. The highest BCUT2D eigenvalue weighted by Crippen LogP contribution is 2.25. The standard InChI is InChI=1S/C13H15ClN2O.ClH/c1-7-4-9(8(2)15)10-6-12(14)16(3)13(17)11(10)5-7;/h4-6,8H,15H2,1-3H3;1H/t8-;/m1./s1. The Labute approximate surface area is 117 Å². The lowest BCUT2D eigenvalue weighted by molar-refractivity contribution is 0.822. The summed E-state index contributed by atoms with van der Waals surface area (Å²) in [6.45, 7) is 3.86. The molecular weight excluding hydrogens is 271 g/mol. The molecule has 3 nitrogen and oxygen atoms in total. The molecular formula is C13H16Cl2N2O. The van der Waals surface area contributed by atoms with Crippen LogP contribution in [0.1, 0.15) is 24.1 Å². The highest BCUT2D eigenvalue weighted by molar-refractivity contribution is 6.30. The van der Waals surface area contributed by atoms with Crippen molar-refractivity contribution in [3.63, 3.8) is 0 Å². The lowest BCUT2D eigenvalue weighted by Crippen LogP contribution is -2.18. The second-order valence-corrected chi connectivity index (χ2v) is 4.82. The van der Waals surface area contributed by atoms with E-state index in [1.54, 1.807) is 13.1 Å². The van der Waals surface area contributed by atoms with Crippen molar-refractivity contribution in [3.05, 3.63) is 44.8 Å². The smallest absolute Gasteiger partial charge is 0.259 e. The second kappa shape index (κ2) is 5.31. The summed E-state index contributed by atoms with van der Waals surface area (Å²) in [4.78, 5) is 12.1. The average Bonchev–Trinajstić information content (AvgIpc) is 2.26. The highest BCUT2D eigenvalue weighted by atomic mass is 35.5. The zero-order valence-electron chi connectivity index (χ0n) is 10.5. The van der Waals surface area contributed by atoms with Crippen LogP contribution in [0, 0.1) is 6.92 Å². The van der Waals surface area contributed by atoms with Gasteiger partial charge in [0.05, 0.1) is 0 Å². The number of nitrogens with two attached hydrogens (primary N) is 1. The zero-order chi connectivity index (χ0) is 12.7. The molecule has 1 heterocycles. The number of rotatable bonds is 1. The van der Waals surface area contributed by atoms with Gasteiger partial charge in [0.1, 0.15) is 5.15 Å². The third-order valence-corrected chi connectivity index (χ3v) is 3.33. The number of benzene rings is 1. The van der Waals surface area contributed by atoms with Crippen LogP contribution in [0.2, 0.25) is 5.15 Å². The molecule has 0 aliphatic rings. The molecule has 0 radical (unpaired) electrons. The van der Waals surface area contributed by atoms with Crippen LogP contribution in [0.15, 0.2) is 23.0 Å². The normalized spacial score (nSPS) is 12.3. The Bertz CT molecular complexity index is 647. The van der Waals surface area contributed by atoms with Crippen LogP contribution in [0.5, 0.6) is 0 Å². The van der Waals surface area contributed by atoms with Crippen LogP contribution in [0.25, 0.3) is 10.8 Å². The summed E-state index contributed by atoms with van der Waals surface area (Å²) >= 11 is 6.03. The Morgan fingerprint density at radius 1 is 1.28 bits per heavy atom. The summed E-state index contributed by atoms with van der Waals surface area (Å²) < 4.78 is 1.44. The van der Waals surface area contributed by atoms with Crippen LogP contribution in [0.4, 0.5) is 0 Å². The maximum atomic E-state index is 12.1. The number of hydrogen-bond donors (Lipinski definition) is 1. The van der Waals surface area contributed by atoms with Gasteiger partial charge in [-0.15, -0.1) is 12.4 Å². The van der Waals surface area contributed by atoms with Gasteiger partial charge in [0.25, 0.3) is 5.56 Å². The summed E-state index contributed by atoms with van der Waals surface area (Å²) in [5, 5.41) is 1.94. The first-order valence-corrected chi connectivity index (χ1v) is 5.85.